The fraction of sp³-hybridized carbons (Fsp3) is 0.636. The molecule has 1 aliphatic rings. The molecule has 5 nitrogen and oxygen atoms in total. The van der Waals surface area contributed by atoms with Crippen molar-refractivity contribution < 1.29 is 4.63 Å². The normalized spacial score (nSPS) is 16.2. The molecule has 1 aliphatic heterocycles. The van der Waals surface area contributed by atoms with E-state index in [2.05, 4.69) is 38.4 Å². The molecule has 0 aromatic carbocycles. The maximum absolute atomic E-state index is 4.68. The number of rotatable bonds is 5. The molecule has 0 fully saturated rings. The van der Waals surface area contributed by atoms with E-state index in [0.717, 1.165) is 30.9 Å². The topological polar surface area (TPSA) is 54.2 Å². The van der Waals surface area contributed by atoms with Crippen LogP contribution in [0.2, 0.25) is 0 Å². The van der Waals surface area contributed by atoms with Gasteiger partial charge in [-0.15, -0.1) is 0 Å². The minimum absolute atomic E-state index is 0.738. The van der Waals surface area contributed by atoms with Crippen molar-refractivity contribution in [2.45, 2.75) is 39.7 Å². The zero-order valence-electron chi connectivity index (χ0n) is 9.86. The molecule has 16 heavy (non-hydrogen) atoms. The predicted molar refractivity (Wildman–Crippen MR) is 60.2 cm³/mol. The Kier molecular flexibility index (Phi) is 3.56. The van der Waals surface area contributed by atoms with E-state index < -0.39 is 0 Å². The first-order valence-electron chi connectivity index (χ1n) is 5.78. The number of hydrogen-bond acceptors (Lipinski definition) is 5. The van der Waals surface area contributed by atoms with Crippen LogP contribution >= 0.6 is 0 Å². The van der Waals surface area contributed by atoms with Crippen LogP contribution in [0.4, 0.5) is 0 Å². The molecule has 0 unspecified atom stereocenters. The molecule has 2 rings (SSSR count). The Balaban J connectivity index is 1.81. The van der Waals surface area contributed by atoms with Gasteiger partial charge in [-0.25, -0.2) is 9.64 Å². The van der Waals surface area contributed by atoms with Crippen molar-refractivity contribution in [2.75, 3.05) is 6.54 Å². The van der Waals surface area contributed by atoms with Gasteiger partial charge in [-0.1, -0.05) is 23.7 Å². The molecule has 1 aromatic rings. The van der Waals surface area contributed by atoms with Crippen molar-refractivity contribution in [1.29, 1.82) is 0 Å². The van der Waals surface area contributed by atoms with Crippen LogP contribution < -0.4 is 5.43 Å². The molecular weight excluding hydrogens is 204 g/mol. The molecule has 0 saturated heterocycles. The summed E-state index contributed by atoms with van der Waals surface area (Å²) in [7, 11) is 0. The summed E-state index contributed by atoms with van der Waals surface area (Å²) in [4.78, 5) is 0. The van der Waals surface area contributed by atoms with E-state index >= 15 is 0 Å². The predicted octanol–water partition coefficient (Wildman–Crippen LogP) is 1.77. The molecule has 1 N–H and O–H groups in total. The van der Waals surface area contributed by atoms with E-state index in [0.29, 0.717) is 0 Å². The maximum atomic E-state index is 4.68. The highest BCUT2D eigenvalue weighted by molar-refractivity contribution is 5.09. The Morgan fingerprint density at radius 1 is 1.50 bits per heavy atom. The number of hydrogen-bond donors (Lipinski definition) is 1. The number of aromatic nitrogens is 2. The molecule has 88 valence electrons. The van der Waals surface area contributed by atoms with Gasteiger partial charge in [0.05, 0.1) is 6.54 Å². The molecule has 2 heterocycles. The summed E-state index contributed by atoms with van der Waals surface area (Å²) in [6.07, 6.45) is 5.82. The molecule has 1 aromatic heterocycles. The van der Waals surface area contributed by atoms with Crippen LogP contribution in [-0.2, 0) is 6.54 Å². The van der Waals surface area contributed by atoms with Gasteiger partial charge in [0.2, 0.25) is 0 Å². The first-order chi connectivity index (χ1) is 7.79. The highest BCUT2D eigenvalue weighted by Gasteiger charge is 2.16. The van der Waals surface area contributed by atoms with Gasteiger partial charge in [0, 0.05) is 12.2 Å². The van der Waals surface area contributed by atoms with Crippen molar-refractivity contribution in [1.82, 2.24) is 20.7 Å². The van der Waals surface area contributed by atoms with E-state index in [1.807, 2.05) is 6.92 Å². The van der Waals surface area contributed by atoms with Crippen LogP contribution in [0, 0.1) is 6.92 Å². The van der Waals surface area contributed by atoms with E-state index in [4.69, 9.17) is 0 Å². The smallest absolute Gasteiger partial charge is 0.123 e. The summed E-state index contributed by atoms with van der Waals surface area (Å²) in [6, 6.07) is 0. The monoisotopic (exact) mass is 222 g/mol. The van der Waals surface area contributed by atoms with Crippen LogP contribution in [0.1, 0.15) is 37.6 Å². The van der Waals surface area contributed by atoms with E-state index in [9.17, 15) is 0 Å². The average molecular weight is 222 g/mol. The zero-order valence-corrected chi connectivity index (χ0v) is 9.86. The highest BCUT2D eigenvalue weighted by atomic mass is 16.6. The Morgan fingerprint density at radius 2 is 2.38 bits per heavy atom. The molecule has 0 aliphatic carbocycles. The standard InChI is InChI=1S/C11H18N4O/c1-3-4-5-10-6-7-15(12-10)8-11-9(2)13-16-14-11/h6,12H,3-5,7-8H2,1-2H3. The third kappa shape index (κ3) is 2.61. The highest BCUT2D eigenvalue weighted by Crippen LogP contribution is 2.13. The summed E-state index contributed by atoms with van der Waals surface area (Å²) in [6.45, 7) is 5.78. The Labute approximate surface area is 95.4 Å². The van der Waals surface area contributed by atoms with Gasteiger partial charge in [-0.2, -0.15) is 0 Å². The van der Waals surface area contributed by atoms with E-state index in [1.54, 1.807) is 0 Å². The third-order valence-electron chi connectivity index (χ3n) is 2.75. The number of hydrazine groups is 1. The lowest BCUT2D eigenvalue weighted by Gasteiger charge is -2.16. The number of unbranched alkanes of at least 4 members (excludes halogenated alkanes) is 1. The number of allylic oxidation sites excluding steroid dienone is 1. The van der Waals surface area contributed by atoms with Crippen molar-refractivity contribution in [3.8, 4) is 0 Å². The second-order valence-electron chi connectivity index (χ2n) is 4.12. The van der Waals surface area contributed by atoms with Crippen LogP contribution in [0.3, 0.4) is 0 Å². The molecular formula is C11H18N4O. The van der Waals surface area contributed by atoms with Gasteiger partial charge in [0.25, 0.3) is 0 Å². The van der Waals surface area contributed by atoms with E-state index in [1.165, 1.54) is 18.5 Å². The Morgan fingerprint density at radius 3 is 3.06 bits per heavy atom. The van der Waals surface area contributed by atoms with Crippen molar-refractivity contribution in [3.05, 3.63) is 23.2 Å². The van der Waals surface area contributed by atoms with Gasteiger partial charge in [-0.3, -0.25) is 0 Å². The van der Waals surface area contributed by atoms with Gasteiger partial charge in [0.1, 0.15) is 11.4 Å². The molecule has 0 radical (unpaired) electrons. The van der Waals surface area contributed by atoms with Crippen LogP contribution in [0.15, 0.2) is 16.4 Å². The van der Waals surface area contributed by atoms with Crippen molar-refractivity contribution in [3.63, 3.8) is 0 Å². The molecule has 0 saturated carbocycles. The maximum Gasteiger partial charge on any atom is 0.123 e. The van der Waals surface area contributed by atoms with Gasteiger partial charge < -0.3 is 5.43 Å². The Hall–Kier alpha value is -1.36. The summed E-state index contributed by atoms with van der Waals surface area (Å²) in [5, 5.41) is 9.77. The molecule has 0 spiro atoms. The first-order valence-corrected chi connectivity index (χ1v) is 5.78. The van der Waals surface area contributed by atoms with Gasteiger partial charge >= 0.3 is 0 Å². The second-order valence-corrected chi connectivity index (χ2v) is 4.12. The largest absolute Gasteiger partial charge is 0.323 e. The summed E-state index contributed by atoms with van der Waals surface area (Å²) >= 11 is 0. The minimum Gasteiger partial charge on any atom is -0.323 e. The van der Waals surface area contributed by atoms with Gasteiger partial charge in [0.15, 0.2) is 0 Å². The van der Waals surface area contributed by atoms with Gasteiger partial charge in [-0.05, 0) is 25.8 Å². The SMILES string of the molecule is CCCCC1=CCN(Cc2nonc2C)N1. The number of nitrogens with zero attached hydrogens (tertiary/aromatic N) is 3. The molecule has 0 amide bonds. The fourth-order valence-electron chi connectivity index (χ4n) is 1.72. The van der Waals surface area contributed by atoms with E-state index in [-0.39, 0.29) is 0 Å². The Bertz CT molecular complexity index is 372. The summed E-state index contributed by atoms with van der Waals surface area (Å²) in [5.41, 5.74) is 6.46. The molecule has 5 heteroatoms. The lowest BCUT2D eigenvalue weighted by Crippen LogP contribution is -2.31. The quantitative estimate of drug-likeness (QED) is 0.823. The lowest BCUT2D eigenvalue weighted by atomic mass is 10.2. The zero-order chi connectivity index (χ0) is 11.4. The third-order valence-corrected chi connectivity index (χ3v) is 2.75. The van der Waals surface area contributed by atoms with Crippen molar-refractivity contribution >= 4 is 0 Å². The van der Waals surface area contributed by atoms with Crippen LogP contribution in [-0.4, -0.2) is 21.9 Å². The fourth-order valence-corrected chi connectivity index (χ4v) is 1.72. The summed E-state index contributed by atoms with van der Waals surface area (Å²) in [5.74, 6) is 0. The second kappa shape index (κ2) is 5.12. The number of aryl methyl sites for hydroxylation is 1. The summed E-state index contributed by atoms with van der Waals surface area (Å²) < 4.78 is 4.68. The number of nitrogens with one attached hydrogen (secondary N) is 1. The molecule has 0 bridgehead atoms. The van der Waals surface area contributed by atoms with Crippen LogP contribution in [0.25, 0.3) is 0 Å². The average Bonchev–Trinajstić information content (AvgIpc) is 2.87. The molecule has 0 atom stereocenters. The lowest BCUT2D eigenvalue weighted by molar-refractivity contribution is 0.234. The minimum atomic E-state index is 0.738. The van der Waals surface area contributed by atoms with Crippen molar-refractivity contribution in [2.24, 2.45) is 0 Å². The first kappa shape index (κ1) is 11.1. The van der Waals surface area contributed by atoms with Crippen LogP contribution in [0.5, 0.6) is 0 Å².